The Bertz CT molecular complexity index is 705. The third kappa shape index (κ3) is 2.84. The summed E-state index contributed by atoms with van der Waals surface area (Å²) in [5, 5.41) is 9.93. The monoisotopic (exact) mass is 259 g/mol. The molecule has 1 N–H and O–H groups in total. The van der Waals surface area contributed by atoms with Gasteiger partial charge in [0, 0.05) is 11.5 Å². The van der Waals surface area contributed by atoms with Crippen molar-refractivity contribution in [3.63, 3.8) is 0 Å². The minimum absolute atomic E-state index is 0.0966. The highest BCUT2D eigenvalue weighted by atomic mass is 16.4. The Morgan fingerprint density at radius 1 is 1.37 bits per heavy atom. The van der Waals surface area contributed by atoms with Crippen molar-refractivity contribution in [1.82, 2.24) is 4.98 Å². The summed E-state index contributed by atoms with van der Waals surface area (Å²) in [5.41, 5.74) is 1.22. The number of allylic oxidation sites excluding steroid dienone is 1. The molecule has 0 unspecified atom stereocenters. The molecule has 4 heteroatoms. The van der Waals surface area contributed by atoms with Crippen molar-refractivity contribution in [3.8, 4) is 0 Å². The maximum Gasteiger partial charge on any atom is 0.362 e. The lowest BCUT2D eigenvalue weighted by atomic mass is 9.93. The Kier molecular flexibility index (Phi) is 3.18. The Balaban J connectivity index is 2.62. The summed E-state index contributed by atoms with van der Waals surface area (Å²) in [6, 6.07) is 5.41. The molecule has 0 amide bonds. The number of rotatable bonds is 1. The molecule has 100 valence electrons. The first-order valence-electron chi connectivity index (χ1n) is 6.10. The van der Waals surface area contributed by atoms with E-state index in [-0.39, 0.29) is 11.5 Å². The molecule has 0 spiro atoms. The zero-order valence-corrected chi connectivity index (χ0v) is 11.5. The third-order valence-corrected chi connectivity index (χ3v) is 2.81. The normalized spacial score (nSPS) is 12.9. The third-order valence-electron chi connectivity index (χ3n) is 2.81. The summed E-state index contributed by atoms with van der Waals surface area (Å²) in [6.45, 7) is 7.50. The summed E-state index contributed by atoms with van der Waals surface area (Å²) in [4.78, 5) is 16.0. The molecule has 0 saturated carbocycles. The predicted octanol–water partition coefficient (Wildman–Crippen LogP) is 3.44. The van der Waals surface area contributed by atoms with E-state index in [1.54, 1.807) is 6.07 Å². The standard InChI is InChI=1S/C15H17NO3/c1-9-5-6-12-10(7-9)16-11(14(18)19-12)8-13(17)15(2,3)4/h5-8,17H,1-4H3/b13-8-. The molecule has 4 nitrogen and oxygen atoms in total. The number of hydrogen-bond acceptors (Lipinski definition) is 4. The molecule has 0 aliphatic heterocycles. The van der Waals surface area contributed by atoms with Crippen LogP contribution in [-0.4, -0.2) is 10.1 Å². The lowest BCUT2D eigenvalue weighted by Crippen LogP contribution is -2.12. The SMILES string of the molecule is Cc1ccc2oc(=O)c(/C=C(\O)C(C)(C)C)nc2c1. The molecule has 0 aliphatic rings. The summed E-state index contributed by atoms with van der Waals surface area (Å²) in [5.74, 6) is 0.0966. The number of hydrogen-bond donors (Lipinski definition) is 1. The van der Waals surface area contributed by atoms with Gasteiger partial charge in [0.1, 0.15) is 5.52 Å². The van der Waals surface area contributed by atoms with E-state index < -0.39 is 11.0 Å². The van der Waals surface area contributed by atoms with Crippen molar-refractivity contribution in [3.05, 3.63) is 45.6 Å². The van der Waals surface area contributed by atoms with Crippen LogP contribution in [0.25, 0.3) is 17.2 Å². The first-order chi connectivity index (χ1) is 8.77. The van der Waals surface area contributed by atoms with E-state index in [1.165, 1.54) is 6.08 Å². The topological polar surface area (TPSA) is 63.3 Å². The van der Waals surface area contributed by atoms with E-state index in [0.29, 0.717) is 11.1 Å². The number of aliphatic hydroxyl groups is 1. The number of aliphatic hydroxyl groups excluding tert-OH is 1. The number of aryl methyl sites for hydroxylation is 1. The fourth-order valence-corrected chi connectivity index (χ4v) is 1.57. The maximum absolute atomic E-state index is 11.8. The van der Waals surface area contributed by atoms with Gasteiger partial charge >= 0.3 is 5.63 Å². The predicted molar refractivity (Wildman–Crippen MR) is 75.1 cm³/mol. The van der Waals surface area contributed by atoms with Gasteiger partial charge in [-0.2, -0.15) is 0 Å². The van der Waals surface area contributed by atoms with Crippen molar-refractivity contribution in [2.45, 2.75) is 27.7 Å². The number of aromatic nitrogens is 1. The number of benzene rings is 1. The van der Waals surface area contributed by atoms with Crippen LogP contribution in [0.5, 0.6) is 0 Å². The fourth-order valence-electron chi connectivity index (χ4n) is 1.57. The number of nitrogens with zero attached hydrogens (tertiary/aromatic N) is 1. The Hall–Kier alpha value is -2.10. The molecule has 2 rings (SSSR count). The smallest absolute Gasteiger partial charge is 0.362 e. The van der Waals surface area contributed by atoms with Gasteiger partial charge in [-0.1, -0.05) is 26.8 Å². The zero-order valence-electron chi connectivity index (χ0n) is 11.5. The van der Waals surface area contributed by atoms with E-state index in [0.717, 1.165) is 5.56 Å². The first-order valence-corrected chi connectivity index (χ1v) is 6.10. The second-order valence-corrected chi connectivity index (χ2v) is 5.64. The van der Waals surface area contributed by atoms with E-state index in [4.69, 9.17) is 4.42 Å². The van der Waals surface area contributed by atoms with Crippen LogP contribution in [0.15, 0.2) is 33.2 Å². The van der Waals surface area contributed by atoms with Gasteiger partial charge in [0.2, 0.25) is 0 Å². The Morgan fingerprint density at radius 2 is 2.05 bits per heavy atom. The molecule has 1 aromatic heterocycles. The lowest BCUT2D eigenvalue weighted by Gasteiger charge is -2.16. The fraction of sp³-hybridized carbons (Fsp3) is 0.333. The molecule has 0 radical (unpaired) electrons. The molecule has 0 fully saturated rings. The molecular weight excluding hydrogens is 242 g/mol. The summed E-state index contributed by atoms with van der Waals surface area (Å²) in [7, 11) is 0. The van der Waals surface area contributed by atoms with Crippen LogP contribution in [-0.2, 0) is 0 Å². The second-order valence-electron chi connectivity index (χ2n) is 5.64. The minimum atomic E-state index is -0.549. The van der Waals surface area contributed by atoms with Crippen molar-refractivity contribution >= 4 is 17.2 Å². The van der Waals surface area contributed by atoms with Crippen molar-refractivity contribution < 1.29 is 9.52 Å². The van der Waals surface area contributed by atoms with Crippen molar-refractivity contribution in [1.29, 1.82) is 0 Å². The van der Waals surface area contributed by atoms with Crippen LogP contribution in [0.3, 0.4) is 0 Å². The van der Waals surface area contributed by atoms with Crippen LogP contribution >= 0.6 is 0 Å². The minimum Gasteiger partial charge on any atom is -0.512 e. The van der Waals surface area contributed by atoms with Gasteiger partial charge < -0.3 is 9.52 Å². The highest BCUT2D eigenvalue weighted by Crippen LogP contribution is 2.24. The van der Waals surface area contributed by atoms with Gasteiger partial charge in [-0.3, -0.25) is 0 Å². The largest absolute Gasteiger partial charge is 0.512 e. The van der Waals surface area contributed by atoms with Gasteiger partial charge in [0.25, 0.3) is 0 Å². The first kappa shape index (κ1) is 13.3. The lowest BCUT2D eigenvalue weighted by molar-refractivity contribution is 0.282. The summed E-state index contributed by atoms with van der Waals surface area (Å²) >= 11 is 0. The molecule has 0 atom stereocenters. The van der Waals surface area contributed by atoms with Crippen LogP contribution < -0.4 is 5.63 Å². The molecule has 19 heavy (non-hydrogen) atoms. The molecule has 1 aromatic carbocycles. The van der Waals surface area contributed by atoms with E-state index in [9.17, 15) is 9.90 Å². The van der Waals surface area contributed by atoms with E-state index in [1.807, 2.05) is 39.8 Å². The van der Waals surface area contributed by atoms with Crippen LogP contribution in [0.2, 0.25) is 0 Å². The van der Waals surface area contributed by atoms with Gasteiger partial charge in [-0.25, -0.2) is 9.78 Å². The molecule has 0 saturated heterocycles. The molecule has 0 bridgehead atoms. The van der Waals surface area contributed by atoms with Gasteiger partial charge in [-0.05, 0) is 24.6 Å². The van der Waals surface area contributed by atoms with E-state index in [2.05, 4.69) is 4.98 Å². The average Bonchev–Trinajstić information content (AvgIpc) is 2.29. The van der Waals surface area contributed by atoms with Gasteiger partial charge in [0.15, 0.2) is 11.3 Å². The highest BCUT2D eigenvalue weighted by molar-refractivity contribution is 5.73. The van der Waals surface area contributed by atoms with Crippen LogP contribution in [0.4, 0.5) is 0 Å². The molecule has 0 aliphatic carbocycles. The molecule has 2 aromatic rings. The summed E-state index contributed by atoms with van der Waals surface area (Å²) in [6.07, 6.45) is 1.37. The average molecular weight is 259 g/mol. The zero-order chi connectivity index (χ0) is 14.2. The maximum atomic E-state index is 11.8. The second kappa shape index (κ2) is 4.53. The Labute approximate surface area is 111 Å². The molecular formula is C15H17NO3. The van der Waals surface area contributed by atoms with Crippen molar-refractivity contribution in [2.75, 3.05) is 0 Å². The van der Waals surface area contributed by atoms with E-state index >= 15 is 0 Å². The highest BCUT2D eigenvalue weighted by Gasteiger charge is 2.17. The van der Waals surface area contributed by atoms with Crippen LogP contribution in [0, 0.1) is 12.3 Å². The van der Waals surface area contributed by atoms with Crippen molar-refractivity contribution in [2.24, 2.45) is 5.41 Å². The van der Waals surface area contributed by atoms with Crippen LogP contribution in [0.1, 0.15) is 32.0 Å². The number of fused-ring (bicyclic) bond motifs is 1. The summed E-state index contributed by atoms with van der Waals surface area (Å²) < 4.78 is 5.19. The van der Waals surface area contributed by atoms with Gasteiger partial charge in [0.05, 0.1) is 5.76 Å². The van der Waals surface area contributed by atoms with Gasteiger partial charge in [-0.15, -0.1) is 0 Å². The Morgan fingerprint density at radius 3 is 2.68 bits per heavy atom. The quantitative estimate of drug-likeness (QED) is 0.797. The molecule has 1 heterocycles.